The monoisotopic (exact) mass is 394 g/mol. The normalized spacial score (nSPS) is 10.8. The van der Waals surface area contributed by atoms with Gasteiger partial charge in [-0.05, 0) is 30.3 Å². The van der Waals surface area contributed by atoms with E-state index in [4.69, 9.17) is 16.1 Å². The summed E-state index contributed by atoms with van der Waals surface area (Å²) in [4.78, 5) is 20.2. The quantitative estimate of drug-likeness (QED) is 0.652. The van der Waals surface area contributed by atoms with Crippen LogP contribution in [-0.2, 0) is 11.2 Å². The first-order valence-electron chi connectivity index (χ1n) is 7.78. The van der Waals surface area contributed by atoms with Crippen LogP contribution in [0, 0.1) is 0 Å². The van der Waals surface area contributed by atoms with Crippen LogP contribution in [0.3, 0.4) is 0 Å². The summed E-state index contributed by atoms with van der Waals surface area (Å²) in [5, 5.41) is 6.43. The lowest BCUT2D eigenvalue weighted by molar-refractivity contribution is -0.116. The summed E-state index contributed by atoms with van der Waals surface area (Å²) in [5.41, 5.74) is 1.11. The second-order valence-corrected chi connectivity index (χ2v) is 5.73. The number of ether oxygens (including phenoxy) is 1. The number of pyridine rings is 1. The van der Waals surface area contributed by atoms with Gasteiger partial charge in [-0.25, -0.2) is 0 Å². The van der Waals surface area contributed by atoms with Crippen molar-refractivity contribution in [3.05, 3.63) is 53.6 Å². The summed E-state index contributed by atoms with van der Waals surface area (Å²) < 4.78 is 33.8. The molecule has 1 amide bonds. The van der Waals surface area contributed by atoms with Crippen LogP contribution in [0.4, 0.5) is 14.5 Å². The summed E-state index contributed by atoms with van der Waals surface area (Å²) in [5.74, 6) is 0.237. The number of nitrogens with one attached hydrogen (secondary N) is 1. The van der Waals surface area contributed by atoms with Crippen molar-refractivity contribution < 1.29 is 22.8 Å². The van der Waals surface area contributed by atoms with E-state index in [0.29, 0.717) is 17.4 Å². The van der Waals surface area contributed by atoms with E-state index < -0.39 is 6.61 Å². The Morgan fingerprint density at radius 3 is 2.74 bits per heavy atom. The largest absolute Gasteiger partial charge is 0.433 e. The van der Waals surface area contributed by atoms with Crippen molar-refractivity contribution in [3.8, 4) is 17.1 Å². The lowest BCUT2D eigenvalue weighted by atomic mass is 10.2. The minimum Gasteiger partial charge on any atom is -0.433 e. The van der Waals surface area contributed by atoms with E-state index in [0.717, 1.165) is 5.56 Å². The van der Waals surface area contributed by atoms with Gasteiger partial charge in [0.2, 0.25) is 17.6 Å². The molecule has 0 aliphatic carbocycles. The van der Waals surface area contributed by atoms with Gasteiger partial charge in [-0.15, -0.1) is 0 Å². The number of alkyl halides is 2. The minimum absolute atomic E-state index is 0.0352. The molecule has 3 rings (SSSR count). The van der Waals surface area contributed by atoms with Crippen molar-refractivity contribution in [2.75, 3.05) is 5.32 Å². The number of halogens is 3. The van der Waals surface area contributed by atoms with E-state index in [2.05, 4.69) is 25.2 Å². The highest BCUT2D eigenvalue weighted by atomic mass is 35.5. The van der Waals surface area contributed by atoms with Gasteiger partial charge in [-0.1, -0.05) is 16.8 Å². The number of hydrogen-bond donors (Lipinski definition) is 1. The fourth-order valence-corrected chi connectivity index (χ4v) is 2.41. The van der Waals surface area contributed by atoms with E-state index in [9.17, 15) is 13.6 Å². The van der Waals surface area contributed by atoms with Gasteiger partial charge in [-0.3, -0.25) is 9.78 Å². The molecule has 0 radical (unpaired) electrons. The molecule has 0 atom stereocenters. The zero-order valence-electron chi connectivity index (χ0n) is 13.7. The molecule has 0 aliphatic rings. The molecule has 1 aromatic carbocycles. The summed E-state index contributed by atoms with van der Waals surface area (Å²) in [6, 6.07) is 7.48. The van der Waals surface area contributed by atoms with Crippen LogP contribution in [0.5, 0.6) is 5.75 Å². The Kier molecular flexibility index (Phi) is 5.92. The van der Waals surface area contributed by atoms with Gasteiger partial charge in [0.15, 0.2) is 0 Å². The standard InChI is InChI=1S/C17H13ClF2N4O3/c18-12-9-11(1-2-13(12)26-17(19)20)22-14(25)3-4-15-23-16(24-27-15)10-5-7-21-8-6-10/h1-2,5-9,17H,3-4H2,(H,22,25). The topological polar surface area (TPSA) is 90.1 Å². The van der Waals surface area contributed by atoms with Crippen molar-refractivity contribution in [1.29, 1.82) is 0 Å². The van der Waals surface area contributed by atoms with Crippen LogP contribution in [0.1, 0.15) is 12.3 Å². The van der Waals surface area contributed by atoms with Gasteiger partial charge in [0.05, 0.1) is 5.02 Å². The van der Waals surface area contributed by atoms with Gasteiger partial charge in [-0.2, -0.15) is 13.8 Å². The Morgan fingerprint density at radius 2 is 2.04 bits per heavy atom. The fraction of sp³-hybridized carbons (Fsp3) is 0.176. The van der Waals surface area contributed by atoms with Crippen molar-refractivity contribution in [2.24, 2.45) is 0 Å². The van der Waals surface area contributed by atoms with Crippen molar-refractivity contribution in [3.63, 3.8) is 0 Å². The average Bonchev–Trinajstić information content (AvgIpc) is 3.12. The highest BCUT2D eigenvalue weighted by molar-refractivity contribution is 6.32. The van der Waals surface area contributed by atoms with Crippen LogP contribution < -0.4 is 10.1 Å². The average molecular weight is 395 g/mol. The predicted octanol–water partition coefficient (Wildman–Crippen LogP) is 3.96. The van der Waals surface area contributed by atoms with E-state index in [1.807, 2.05) is 0 Å². The molecule has 0 unspecified atom stereocenters. The third-order valence-electron chi connectivity index (χ3n) is 3.40. The first kappa shape index (κ1) is 18.7. The van der Waals surface area contributed by atoms with Gasteiger partial charge in [0, 0.05) is 36.5 Å². The number of benzene rings is 1. The smallest absolute Gasteiger partial charge is 0.387 e. The fourth-order valence-electron chi connectivity index (χ4n) is 2.19. The van der Waals surface area contributed by atoms with Crippen LogP contribution in [0.25, 0.3) is 11.4 Å². The van der Waals surface area contributed by atoms with E-state index in [1.54, 1.807) is 24.5 Å². The molecule has 0 saturated heterocycles. The van der Waals surface area contributed by atoms with Crippen LogP contribution in [0.2, 0.25) is 5.02 Å². The molecular weight excluding hydrogens is 382 g/mol. The molecular formula is C17H13ClF2N4O3. The minimum atomic E-state index is -2.98. The lowest BCUT2D eigenvalue weighted by Crippen LogP contribution is -2.12. The highest BCUT2D eigenvalue weighted by Crippen LogP contribution is 2.29. The number of rotatable bonds is 7. The molecule has 0 fully saturated rings. The second-order valence-electron chi connectivity index (χ2n) is 5.32. The van der Waals surface area contributed by atoms with E-state index in [1.165, 1.54) is 18.2 Å². The number of aryl methyl sites for hydroxylation is 1. The van der Waals surface area contributed by atoms with Crippen LogP contribution in [-0.4, -0.2) is 27.6 Å². The molecule has 2 heterocycles. The summed E-state index contributed by atoms with van der Waals surface area (Å²) >= 11 is 5.84. The molecule has 0 aliphatic heterocycles. The molecule has 1 N–H and O–H groups in total. The number of hydrogen-bond acceptors (Lipinski definition) is 6. The Bertz CT molecular complexity index is 922. The summed E-state index contributed by atoms with van der Waals surface area (Å²) in [6.07, 6.45) is 3.55. The predicted molar refractivity (Wildman–Crippen MR) is 92.6 cm³/mol. The van der Waals surface area contributed by atoms with E-state index in [-0.39, 0.29) is 29.5 Å². The molecule has 27 heavy (non-hydrogen) atoms. The molecule has 0 bridgehead atoms. The van der Waals surface area contributed by atoms with Crippen molar-refractivity contribution in [1.82, 2.24) is 15.1 Å². The summed E-state index contributed by atoms with van der Waals surface area (Å²) in [7, 11) is 0. The third kappa shape index (κ3) is 5.20. The Balaban J connectivity index is 1.54. The second kappa shape index (κ2) is 8.54. The van der Waals surface area contributed by atoms with E-state index >= 15 is 0 Å². The number of amides is 1. The van der Waals surface area contributed by atoms with Crippen LogP contribution >= 0.6 is 11.6 Å². The number of nitrogens with zero attached hydrogens (tertiary/aromatic N) is 3. The maximum atomic E-state index is 12.2. The Labute approximate surface area is 157 Å². The number of carbonyl (C=O) groups is 1. The molecule has 0 spiro atoms. The maximum absolute atomic E-state index is 12.2. The van der Waals surface area contributed by atoms with Gasteiger partial charge >= 0.3 is 6.61 Å². The van der Waals surface area contributed by atoms with Gasteiger partial charge in [0.1, 0.15) is 5.75 Å². The Morgan fingerprint density at radius 1 is 1.26 bits per heavy atom. The van der Waals surface area contributed by atoms with Crippen molar-refractivity contribution >= 4 is 23.2 Å². The number of anilines is 1. The Hall–Kier alpha value is -3.07. The molecule has 3 aromatic rings. The zero-order valence-corrected chi connectivity index (χ0v) is 14.5. The molecule has 10 heteroatoms. The summed E-state index contributed by atoms with van der Waals surface area (Å²) in [6.45, 7) is -2.98. The highest BCUT2D eigenvalue weighted by Gasteiger charge is 2.13. The third-order valence-corrected chi connectivity index (χ3v) is 3.70. The molecule has 2 aromatic heterocycles. The lowest BCUT2D eigenvalue weighted by Gasteiger charge is -2.09. The van der Waals surface area contributed by atoms with Gasteiger partial charge < -0.3 is 14.6 Å². The van der Waals surface area contributed by atoms with Gasteiger partial charge in [0.25, 0.3) is 0 Å². The number of carbonyl (C=O) groups excluding carboxylic acids is 1. The molecule has 0 saturated carbocycles. The van der Waals surface area contributed by atoms with Crippen LogP contribution in [0.15, 0.2) is 47.2 Å². The first-order chi connectivity index (χ1) is 13.0. The maximum Gasteiger partial charge on any atom is 0.387 e. The molecule has 7 nitrogen and oxygen atoms in total. The van der Waals surface area contributed by atoms with Crippen molar-refractivity contribution in [2.45, 2.75) is 19.5 Å². The zero-order chi connectivity index (χ0) is 19.2. The molecule has 140 valence electrons. The first-order valence-corrected chi connectivity index (χ1v) is 8.16. The SMILES string of the molecule is O=C(CCc1nc(-c2ccncc2)no1)Nc1ccc(OC(F)F)c(Cl)c1. The number of aromatic nitrogens is 3.